The van der Waals surface area contributed by atoms with Crippen molar-refractivity contribution in [2.24, 2.45) is 0 Å². The Morgan fingerprint density at radius 1 is 1.33 bits per heavy atom. The van der Waals surface area contributed by atoms with Crippen LogP contribution >= 0.6 is 22.6 Å². The number of rotatable bonds is 0. The zero-order valence-electron chi connectivity index (χ0n) is 5.57. The molecule has 2 nitrogen and oxygen atoms in total. The average Bonchev–Trinajstić information content (AvgIpc) is 1.82. The molecular weight excluding hydrogens is 286 g/mol. The first-order valence-electron chi connectivity index (χ1n) is 2.86. The van der Waals surface area contributed by atoms with Crippen molar-refractivity contribution in [2.45, 2.75) is 6.18 Å². The number of pyridine rings is 1. The number of nitrogens with one attached hydrogen (secondary N) is 1. The summed E-state index contributed by atoms with van der Waals surface area (Å²) in [5.41, 5.74) is -1.66. The van der Waals surface area contributed by atoms with Gasteiger partial charge in [0.2, 0.25) is 5.56 Å². The maximum absolute atomic E-state index is 12.0. The molecular formula is C6H3F3INO. The van der Waals surface area contributed by atoms with Crippen LogP contribution in [0, 0.1) is 3.70 Å². The van der Waals surface area contributed by atoms with Gasteiger partial charge < -0.3 is 4.98 Å². The van der Waals surface area contributed by atoms with Gasteiger partial charge in [-0.15, -0.1) is 0 Å². The Morgan fingerprint density at radius 2 is 1.92 bits per heavy atom. The Morgan fingerprint density at radius 3 is 2.33 bits per heavy atom. The number of hydrogen-bond acceptors (Lipinski definition) is 1. The standard InChI is InChI=1S/C6H3F3INO/c7-6(8,9)3-1-4(10)11-5(12)2-3/h1-2H,(H,11,12). The second-order valence-electron chi connectivity index (χ2n) is 2.08. The molecule has 1 N–H and O–H groups in total. The lowest BCUT2D eigenvalue weighted by atomic mass is 10.3. The van der Waals surface area contributed by atoms with Crippen molar-refractivity contribution < 1.29 is 13.2 Å². The second-order valence-corrected chi connectivity index (χ2v) is 3.24. The quantitative estimate of drug-likeness (QED) is 0.575. The number of halogens is 4. The van der Waals surface area contributed by atoms with Crippen LogP contribution in [0.3, 0.4) is 0 Å². The van der Waals surface area contributed by atoms with Crippen LogP contribution in [0.1, 0.15) is 5.56 Å². The highest BCUT2D eigenvalue weighted by Crippen LogP contribution is 2.28. The zero-order chi connectivity index (χ0) is 9.35. The van der Waals surface area contributed by atoms with Crippen LogP contribution in [-0.4, -0.2) is 4.98 Å². The summed E-state index contributed by atoms with van der Waals surface area (Å²) in [6, 6.07) is 1.41. The van der Waals surface area contributed by atoms with E-state index in [1.54, 1.807) is 22.6 Å². The highest BCUT2D eigenvalue weighted by Gasteiger charge is 2.31. The van der Waals surface area contributed by atoms with Crippen LogP contribution in [0.15, 0.2) is 16.9 Å². The summed E-state index contributed by atoms with van der Waals surface area (Å²) in [6.45, 7) is 0. The van der Waals surface area contributed by atoms with Gasteiger partial charge in [-0.3, -0.25) is 4.79 Å². The Bertz CT molecular complexity index is 343. The van der Waals surface area contributed by atoms with E-state index in [-0.39, 0.29) is 3.70 Å². The van der Waals surface area contributed by atoms with Gasteiger partial charge in [-0.2, -0.15) is 13.2 Å². The molecule has 1 rings (SSSR count). The monoisotopic (exact) mass is 289 g/mol. The summed E-state index contributed by atoms with van der Waals surface area (Å²) in [4.78, 5) is 12.8. The van der Waals surface area contributed by atoms with E-state index in [1.807, 2.05) is 0 Å². The smallest absolute Gasteiger partial charge is 0.317 e. The molecule has 0 amide bonds. The van der Waals surface area contributed by atoms with Crippen molar-refractivity contribution in [2.75, 3.05) is 0 Å². The SMILES string of the molecule is O=c1cc(C(F)(F)F)cc(I)[nH]1. The largest absolute Gasteiger partial charge is 0.416 e. The van der Waals surface area contributed by atoms with Gasteiger partial charge in [-0.05, 0) is 28.7 Å². The van der Waals surface area contributed by atoms with Crippen LogP contribution < -0.4 is 5.56 Å². The predicted octanol–water partition coefficient (Wildman–Crippen LogP) is 2.00. The van der Waals surface area contributed by atoms with Crippen LogP contribution in [-0.2, 0) is 6.18 Å². The number of H-pyrrole nitrogens is 1. The van der Waals surface area contributed by atoms with E-state index in [0.29, 0.717) is 6.07 Å². The maximum atomic E-state index is 12.0. The van der Waals surface area contributed by atoms with Gasteiger partial charge in [0, 0.05) is 6.07 Å². The molecule has 0 spiro atoms. The van der Waals surface area contributed by atoms with Crippen molar-refractivity contribution >= 4 is 22.6 Å². The first-order chi connectivity index (χ1) is 5.39. The molecule has 66 valence electrons. The van der Waals surface area contributed by atoms with Gasteiger partial charge in [-0.25, -0.2) is 0 Å². The van der Waals surface area contributed by atoms with Gasteiger partial charge >= 0.3 is 6.18 Å². The second kappa shape index (κ2) is 3.08. The Labute approximate surface area is 78.9 Å². The summed E-state index contributed by atoms with van der Waals surface area (Å²) in [5, 5.41) is 0. The lowest BCUT2D eigenvalue weighted by Crippen LogP contribution is -2.13. The first kappa shape index (κ1) is 9.56. The molecule has 0 radical (unpaired) electrons. The van der Waals surface area contributed by atoms with E-state index in [2.05, 4.69) is 4.98 Å². The molecule has 0 unspecified atom stereocenters. The molecule has 0 aromatic carbocycles. The van der Waals surface area contributed by atoms with Gasteiger partial charge in [0.1, 0.15) is 0 Å². The summed E-state index contributed by atoms with van der Waals surface area (Å²) in [6.07, 6.45) is -4.45. The van der Waals surface area contributed by atoms with E-state index in [0.717, 1.165) is 6.07 Å². The number of hydrogen-bond donors (Lipinski definition) is 1. The van der Waals surface area contributed by atoms with E-state index in [1.165, 1.54) is 0 Å². The van der Waals surface area contributed by atoms with Crippen molar-refractivity contribution in [3.63, 3.8) is 0 Å². The minimum absolute atomic E-state index is 0.174. The van der Waals surface area contributed by atoms with E-state index >= 15 is 0 Å². The van der Waals surface area contributed by atoms with Crippen molar-refractivity contribution in [1.29, 1.82) is 0 Å². The Balaban J connectivity index is 3.27. The minimum atomic E-state index is -4.45. The van der Waals surface area contributed by atoms with Gasteiger partial charge in [-0.1, -0.05) is 0 Å². The van der Waals surface area contributed by atoms with Crippen LogP contribution in [0.25, 0.3) is 0 Å². The van der Waals surface area contributed by atoms with Gasteiger partial charge in [0.15, 0.2) is 0 Å². The zero-order valence-corrected chi connectivity index (χ0v) is 7.73. The molecule has 1 aromatic heterocycles. The maximum Gasteiger partial charge on any atom is 0.416 e. The molecule has 0 atom stereocenters. The third-order valence-electron chi connectivity index (χ3n) is 1.14. The van der Waals surface area contributed by atoms with Gasteiger partial charge in [0.05, 0.1) is 9.26 Å². The number of alkyl halides is 3. The minimum Gasteiger partial charge on any atom is -0.317 e. The molecule has 0 bridgehead atoms. The Kier molecular flexibility index (Phi) is 2.45. The summed E-state index contributed by atoms with van der Waals surface area (Å²) in [7, 11) is 0. The molecule has 0 saturated heterocycles. The van der Waals surface area contributed by atoms with E-state index in [4.69, 9.17) is 0 Å². The molecule has 1 heterocycles. The number of aromatic nitrogens is 1. The molecule has 0 fully saturated rings. The van der Waals surface area contributed by atoms with Crippen molar-refractivity contribution in [1.82, 2.24) is 4.98 Å². The first-order valence-corrected chi connectivity index (χ1v) is 3.94. The van der Waals surface area contributed by atoms with Gasteiger partial charge in [0.25, 0.3) is 0 Å². The third-order valence-corrected chi connectivity index (χ3v) is 1.72. The molecule has 0 aliphatic carbocycles. The van der Waals surface area contributed by atoms with Crippen molar-refractivity contribution in [3.05, 3.63) is 31.8 Å². The highest BCUT2D eigenvalue weighted by molar-refractivity contribution is 14.1. The summed E-state index contributed by atoms with van der Waals surface area (Å²) in [5.74, 6) is 0. The average molecular weight is 289 g/mol. The van der Waals surface area contributed by atoms with Crippen LogP contribution in [0.5, 0.6) is 0 Å². The third kappa shape index (κ3) is 2.23. The summed E-state index contributed by atoms with van der Waals surface area (Å²) >= 11 is 1.62. The lowest BCUT2D eigenvalue weighted by Gasteiger charge is -2.05. The van der Waals surface area contributed by atoms with Crippen LogP contribution in [0.4, 0.5) is 13.2 Å². The molecule has 6 heteroatoms. The van der Waals surface area contributed by atoms with Crippen molar-refractivity contribution in [3.8, 4) is 0 Å². The molecule has 0 saturated carbocycles. The lowest BCUT2D eigenvalue weighted by molar-refractivity contribution is -0.137. The Hall–Kier alpha value is -0.530. The molecule has 12 heavy (non-hydrogen) atoms. The topological polar surface area (TPSA) is 32.9 Å². The molecule has 0 aliphatic rings. The van der Waals surface area contributed by atoms with E-state index < -0.39 is 17.3 Å². The number of aromatic amines is 1. The van der Waals surface area contributed by atoms with E-state index in [9.17, 15) is 18.0 Å². The fourth-order valence-corrected chi connectivity index (χ4v) is 1.27. The summed E-state index contributed by atoms with van der Waals surface area (Å²) < 4.78 is 36.1. The molecule has 0 aliphatic heterocycles. The highest BCUT2D eigenvalue weighted by atomic mass is 127. The molecule has 1 aromatic rings. The normalized spacial score (nSPS) is 11.7. The fourth-order valence-electron chi connectivity index (χ4n) is 0.673. The predicted molar refractivity (Wildman–Crippen MR) is 44.8 cm³/mol. The van der Waals surface area contributed by atoms with Crippen LogP contribution in [0.2, 0.25) is 0 Å². The fraction of sp³-hybridized carbons (Fsp3) is 0.167.